The largest absolute Gasteiger partial charge is 0.448 e. The predicted molar refractivity (Wildman–Crippen MR) is 103 cm³/mol. The smallest absolute Gasteiger partial charge is 0.426 e. The lowest BCUT2D eigenvalue weighted by Crippen LogP contribution is -2.41. The number of ether oxygens (including phenoxy) is 1. The monoisotopic (exact) mass is 406 g/mol. The lowest BCUT2D eigenvalue weighted by Gasteiger charge is -2.12. The van der Waals surface area contributed by atoms with Crippen LogP contribution in [-0.2, 0) is 15.7 Å². The molecule has 1 atom stereocenters. The molecule has 0 fully saturated rings. The van der Waals surface area contributed by atoms with Crippen molar-refractivity contribution in [3.63, 3.8) is 0 Å². The number of halogens is 3. The Morgan fingerprint density at radius 3 is 2.48 bits per heavy atom. The average Bonchev–Trinajstić information content (AvgIpc) is 2.71. The molecule has 2 rings (SSSR count). The second-order valence-corrected chi connectivity index (χ2v) is 6.31. The van der Waals surface area contributed by atoms with Crippen LogP contribution in [0, 0.1) is 0 Å². The molecule has 5 nitrogen and oxygen atoms in total. The summed E-state index contributed by atoms with van der Waals surface area (Å²) in [7, 11) is 0. The fraction of sp³-hybridized carbons (Fsp3) is 0.238. The van der Waals surface area contributed by atoms with Crippen LogP contribution < -0.4 is 10.9 Å². The van der Waals surface area contributed by atoms with Crippen LogP contribution in [0.1, 0.15) is 36.0 Å². The molecular weight excluding hydrogens is 385 g/mol. The maximum atomic E-state index is 12.7. The van der Waals surface area contributed by atoms with Gasteiger partial charge in [-0.05, 0) is 41.7 Å². The molecule has 0 radical (unpaired) electrons. The zero-order chi connectivity index (χ0) is 21.3. The number of benzene rings is 2. The van der Waals surface area contributed by atoms with Gasteiger partial charge in [0, 0.05) is 6.08 Å². The van der Waals surface area contributed by atoms with Crippen molar-refractivity contribution < 1.29 is 27.5 Å². The topological polar surface area (TPSA) is 67.4 Å². The van der Waals surface area contributed by atoms with Gasteiger partial charge in [-0.15, -0.1) is 0 Å². The van der Waals surface area contributed by atoms with Gasteiger partial charge >= 0.3 is 12.3 Å². The molecule has 0 aliphatic rings. The Balaban J connectivity index is 1.72. The Labute approximate surface area is 166 Å². The Morgan fingerprint density at radius 1 is 1.07 bits per heavy atom. The third kappa shape index (κ3) is 7.69. The summed E-state index contributed by atoms with van der Waals surface area (Å²) in [5.41, 5.74) is 4.69. The van der Waals surface area contributed by atoms with E-state index in [2.05, 4.69) is 10.9 Å². The molecular formula is C21H21F3N2O3. The highest BCUT2D eigenvalue weighted by Crippen LogP contribution is 2.29. The van der Waals surface area contributed by atoms with Crippen LogP contribution in [-0.4, -0.2) is 18.6 Å². The summed E-state index contributed by atoms with van der Waals surface area (Å²) in [5, 5.41) is 0. The van der Waals surface area contributed by atoms with Crippen molar-refractivity contribution in [2.75, 3.05) is 6.61 Å². The summed E-state index contributed by atoms with van der Waals surface area (Å²) in [6, 6.07) is 14.3. The Morgan fingerprint density at radius 2 is 1.79 bits per heavy atom. The highest BCUT2D eigenvalue weighted by atomic mass is 19.4. The highest BCUT2D eigenvalue weighted by molar-refractivity contribution is 5.92. The normalized spacial score (nSPS) is 12.4. The molecule has 2 N–H and O–H groups in total. The molecule has 0 saturated carbocycles. The van der Waals surface area contributed by atoms with Crippen molar-refractivity contribution in [1.29, 1.82) is 0 Å². The van der Waals surface area contributed by atoms with Gasteiger partial charge in [-0.1, -0.05) is 49.4 Å². The predicted octanol–water partition coefficient (Wildman–Crippen LogP) is 4.67. The van der Waals surface area contributed by atoms with Gasteiger partial charge in [0.15, 0.2) is 0 Å². The van der Waals surface area contributed by atoms with Gasteiger partial charge in [-0.2, -0.15) is 13.2 Å². The zero-order valence-corrected chi connectivity index (χ0v) is 15.7. The summed E-state index contributed by atoms with van der Waals surface area (Å²) >= 11 is 0. The van der Waals surface area contributed by atoms with E-state index < -0.39 is 23.7 Å². The van der Waals surface area contributed by atoms with Crippen molar-refractivity contribution in [2.24, 2.45) is 0 Å². The first-order valence-corrected chi connectivity index (χ1v) is 8.89. The Kier molecular flexibility index (Phi) is 7.82. The maximum Gasteiger partial charge on any atom is 0.426 e. The van der Waals surface area contributed by atoms with E-state index in [1.807, 2.05) is 37.3 Å². The van der Waals surface area contributed by atoms with Crippen molar-refractivity contribution >= 4 is 18.1 Å². The van der Waals surface area contributed by atoms with Crippen molar-refractivity contribution in [3.8, 4) is 0 Å². The third-order valence-electron chi connectivity index (χ3n) is 4.08. The molecule has 0 aromatic heterocycles. The fourth-order valence-electron chi connectivity index (χ4n) is 2.46. The fourth-order valence-corrected chi connectivity index (χ4v) is 2.46. The number of carbonyl (C=O) groups excluding carboxylic acids is 2. The van der Waals surface area contributed by atoms with E-state index in [0.717, 1.165) is 23.8 Å². The van der Waals surface area contributed by atoms with E-state index in [0.29, 0.717) is 6.42 Å². The highest BCUT2D eigenvalue weighted by Gasteiger charge is 2.30. The van der Waals surface area contributed by atoms with Gasteiger partial charge in [-0.3, -0.25) is 10.2 Å². The molecule has 0 heterocycles. The molecule has 0 spiro atoms. The quantitative estimate of drug-likeness (QED) is 0.541. The van der Waals surface area contributed by atoms with Gasteiger partial charge in [0.2, 0.25) is 0 Å². The summed E-state index contributed by atoms with van der Waals surface area (Å²) in [6.07, 6.45) is -2.46. The van der Waals surface area contributed by atoms with Crippen LogP contribution in [0.3, 0.4) is 0 Å². The minimum absolute atomic E-state index is 0.165. The van der Waals surface area contributed by atoms with Crippen molar-refractivity contribution in [3.05, 3.63) is 77.4 Å². The lowest BCUT2D eigenvalue weighted by molar-refractivity contribution is -0.137. The van der Waals surface area contributed by atoms with Crippen LogP contribution in [0.4, 0.5) is 18.0 Å². The van der Waals surface area contributed by atoms with E-state index in [9.17, 15) is 22.8 Å². The third-order valence-corrected chi connectivity index (χ3v) is 4.08. The Bertz CT molecular complexity index is 852. The molecule has 29 heavy (non-hydrogen) atoms. The summed E-state index contributed by atoms with van der Waals surface area (Å²) in [6.45, 7) is 2.18. The average molecular weight is 406 g/mol. The summed E-state index contributed by atoms with van der Waals surface area (Å²) in [5.74, 6) is -0.508. The van der Waals surface area contributed by atoms with E-state index in [-0.39, 0.29) is 18.1 Å². The maximum absolute atomic E-state index is 12.7. The molecule has 1 unspecified atom stereocenters. The number of hydrogen-bond donors (Lipinski definition) is 2. The van der Waals surface area contributed by atoms with Crippen LogP contribution >= 0.6 is 0 Å². The van der Waals surface area contributed by atoms with Crippen LogP contribution in [0.2, 0.25) is 0 Å². The molecule has 2 amide bonds. The van der Waals surface area contributed by atoms with Gasteiger partial charge < -0.3 is 4.74 Å². The minimum Gasteiger partial charge on any atom is -0.448 e. The Hall–Kier alpha value is -3.29. The van der Waals surface area contributed by atoms with Crippen molar-refractivity contribution in [1.82, 2.24) is 10.9 Å². The number of rotatable bonds is 6. The molecule has 0 aliphatic carbocycles. The minimum atomic E-state index is -4.46. The second-order valence-electron chi connectivity index (χ2n) is 6.31. The van der Waals surface area contributed by atoms with Gasteiger partial charge in [0.05, 0.1) is 12.2 Å². The molecule has 0 bridgehead atoms. The van der Waals surface area contributed by atoms with E-state index in [4.69, 9.17) is 4.74 Å². The van der Waals surface area contributed by atoms with E-state index in [1.165, 1.54) is 18.2 Å². The molecule has 2 aromatic rings. The van der Waals surface area contributed by atoms with Crippen LogP contribution in [0.15, 0.2) is 60.7 Å². The first-order valence-electron chi connectivity index (χ1n) is 8.89. The summed E-state index contributed by atoms with van der Waals surface area (Å²) < 4.78 is 43.0. The molecule has 154 valence electrons. The van der Waals surface area contributed by atoms with E-state index in [1.54, 1.807) is 0 Å². The molecule has 2 aromatic carbocycles. The number of nitrogens with one attached hydrogen (secondary N) is 2. The zero-order valence-electron chi connectivity index (χ0n) is 15.7. The molecule has 0 saturated heterocycles. The standard InChI is InChI=1S/C21H21F3N2O3/c1-15(17-7-3-2-4-8-17)12-13-29-20(28)26-25-19(27)11-10-16-6-5-9-18(14-16)21(22,23)24/h2-11,14-15H,12-13H2,1H3,(H,25,27)(H,26,28)/b11-10+. The van der Waals surface area contributed by atoms with Crippen molar-refractivity contribution in [2.45, 2.75) is 25.4 Å². The number of alkyl halides is 3. The van der Waals surface area contributed by atoms with Crippen LogP contribution in [0.5, 0.6) is 0 Å². The molecule has 0 aliphatic heterocycles. The number of carbonyl (C=O) groups is 2. The lowest BCUT2D eigenvalue weighted by atomic mass is 9.98. The first kappa shape index (κ1) is 22.0. The van der Waals surface area contributed by atoms with Crippen LogP contribution in [0.25, 0.3) is 6.08 Å². The van der Waals surface area contributed by atoms with Gasteiger partial charge in [0.1, 0.15) is 0 Å². The molecule has 8 heteroatoms. The number of hydrazine groups is 1. The number of hydrogen-bond acceptors (Lipinski definition) is 3. The summed E-state index contributed by atoms with van der Waals surface area (Å²) in [4.78, 5) is 23.3. The SMILES string of the molecule is CC(CCOC(=O)NNC(=O)/C=C/c1cccc(C(F)(F)F)c1)c1ccccc1. The first-order chi connectivity index (χ1) is 13.8. The van der Waals surface area contributed by atoms with Gasteiger partial charge in [-0.25, -0.2) is 10.2 Å². The number of amides is 2. The second kappa shape index (κ2) is 10.3. The van der Waals surface area contributed by atoms with Gasteiger partial charge in [0.25, 0.3) is 5.91 Å². The van der Waals surface area contributed by atoms with E-state index >= 15 is 0 Å².